The maximum atomic E-state index is 9.49. The van der Waals surface area contributed by atoms with Crippen LogP contribution in [0.2, 0.25) is 0 Å². The Morgan fingerprint density at radius 3 is 2.62 bits per heavy atom. The van der Waals surface area contributed by atoms with Crippen molar-refractivity contribution in [3.8, 4) is 12.3 Å². The summed E-state index contributed by atoms with van der Waals surface area (Å²) in [6.07, 6.45) is 6.89. The fourth-order valence-corrected chi connectivity index (χ4v) is 1.61. The van der Waals surface area contributed by atoms with Crippen LogP contribution in [0.25, 0.3) is 0 Å². The molecule has 0 aliphatic carbocycles. The Morgan fingerprint density at radius 2 is 2.06 bits per heavy atom. The third-order valence-corrected chi connectivity index (χ3v) is 2.74. The number of nitrogens with one attached hydrogen (secondary N) is 1. The molecule has 0 aromatic heterocycles. The second-order valence-electron chi connectivity index (χ2n) is 4.09. The Kier molecular flexibility index (Phi) is 5.04. The first-order chi connectivity index (χ1) is 7.73. The molecule has 16 heavy (non-hydrogen) atoms. The number of aliphatic hydroxyl groups excluding tert-OH is 1. The third-order valence-electron chi connectivity index (χ3n) is 2.74. The first kappa shape index (κ1) is 12.8. The van der Waals surface area contributed by atoms with Gasteiger partial charge in [-0.3, -0.25) is 0 Å². The molecular formula is C14H19NO. The van der Waals surface area contributed by atoms with E-state index < -0.39 is 0 Å². The Bertz CT molecular complexity index is 342. The molecule has 0 aliphatic rings. The highest BCUT2D eigenvalue weighted by atomic mass is 16.3. The van der Waals surface area contributed by atoms with E-state index in [1.807, 2.05) is 37.3 Å². The predicted octanol–water partition coefficient (Wildman–Crippen LogP) is 1.90. The number of rotatable bonds is 6. The first-order valence-electron chi connectivity index (χ1n) is 5.58. The summed E-state index contributed by atoms with van der Waals surface area (Å²) in [6.45, 7) is 2.89. The molecule has 1 rings (SSSR count). The van der Waals surface area contributed by atoms with Gasteiger partial charge in [-0.05, 0) is 25.5 Å². The molecule has 1 atom stereocenters. The van der Waals surface area contributed by atoms with Crippen molar-refractivity contribution < 1.29 is 5.11 Å². The third kappa shape index (κ3) is 3.37. The van der Waals surface area contributed by atoms with Crippen LogP contribution < -0.4 is 5.32 Å². The summed E-state index contributed by atoms with van der Waals surface area (Å²) in [5, 5.41) is 12.8. The van der Waals surface area contributed by atoms with Crippen LogP contribution in [0, 0.1) is 12.3 Å². The second-order valence-corrected chi connectivity index (χ2v) is 4.09. The van der Waals surface area contributed by atoms with Crippen LogP contribution in [0.4, 0.5) is 0 Å². The van der Waals surface area contributed by atoms with Crippen molar-refractivity contribution in [2.24, 2.45) is 0 Å². The van der Waals surface area contributed by atoms with Gasteiger partial charge in [0.1, 0.15) is 0 Å². The van der Waals surface area contributed by atoms with E-state index >= 15 is 0 Å². The van der Waals surface area contributed by atoms with E-state index in [-0.39, 0.29) is 12.1 Å². The highest BCUT2D eigenvalue weighted by Gasteiger charge is 2.24. The maximum Gasteiger partial charge on any atom is 0.0652 e. The van der Waals surface area contributed by atoms with E-state index in [0.29, 0.717) is 0 Å². The maximum absolute atomic E-state index is 9.49. The van der Waals surface area contributed by atoms with Crippen LogP contribution in [-0.4, -0.2) is 18.3 Å². The van der Waals surface area contributed by atoms with Gasteiger partial charge in [-0.2, -0.15) is 0 Å². The molecule has 2 N–H and O–H groups in total. The molecule has 0 amide bonds. The number of terminal acetylenes is 1. The molecule has 0 radical (unpaired) electrons. The van der Waals surface area contributed by atoms with Gasteiger partial charge >= 0.3 is 0 Å². The second kappa shape index (κ2) is 6.32. The molecule has 0 saturated carbocycles. The lowest BCUT2D eigenvalue weighted by Gasteiger charge is -2.29. The average Bonchev–Trinajstić information content (AvgIpc) is 2.35. The standard InChI is InChI=1S/C14H19NO/c1-3-4-8-11-15-14(2,12-16)13-9-6-5-7-10-13/h1,5-7,9-10,15-16H,4,8,11-12H2,2H3. The molecule has 0 aliphatic heterocycles. The largest absolute Gasteiger partial charge is 0.394 e. The van der Waals surface area contributed by atoms with Crippen molar-refractivity contribution in [2.75, 3.05) is 13.2 Å². The van der Waals surface area contributed by atoms with E-state index in [4.69, 9.17) is 6.42 Å². The molecule has 1 aromatic carbocycles. The van der Waals surface area contributed by atoms with Crippen LogP contribution in [0.5, 0.6) is 0 Å². The fraction of sp³-hybridized carbons (Fsp3) is 0.429. The van der Waals surface area contributed by atoms with Crippen molar-refractivity contribution in [1.82, 2.24) is 5.32 Å². The van der Waals surface area contributed by atoms with Crippen LogP contribution in [0.3, 0.4) is 0 Å². The first-order valence-corrected chi connectivity index (χ1v) is 5.58. The molecule has 0 spiro atoms. The summed E-state index contributed by atoms with van der Waals surface area (Å²) < 4.78 is 0. The molecule has 0 bridgehead atoms. The van der Waals surface area contributed by atoms with Crippen molar-refractivity contribution in [3.05, 3.63) is 35.9 Å². The van der Waals surface area contributed by atoms with Crippen molar-refractivity contribution in [1.29, 1.82) is 0 Å². The molecule has 0 saturated heterocycles. The SMILES string of the molecule is C#CCCCNC(C)(CO)c1ccccc1. The highest BCUT2D eigenvalue weighted by molar-refractivity contribution is 5.23. The zero-order valence-corrected chi connectivity index (χ0v) is 9.74. The van der Waals surface area contributed by atoms with Crippen LogP contribution >= 0.6 is 0 Å². The topological polar surface area (TPSA) is 32.3 Å². The molecule has 0 fully saturated rings. The lowest BCUT2D eigenvalue weighted by atomic mass is 9.93. The molecule has 1 aromatic rings. The minimum atomic E-state index is -0.379. The molecule has 86 valence electrons. The quantitative estimate of drug-likeness (QED) is 0.563. The molecule has 2 heteroatoms. The summed E-state index contributed by atoms with van der Waals surface area (Å²) in [5.74, 6) is 2.61. The van der Waals surface area contributed by atoms with Gasteiger partial charge in [-0.25, -0.2) is 0 Å². The zero-order valence-electron chi connectivity index (χ0n) is 9.74. The number of hydrogen-bond acceptors (Lipinski definition) is 2. The van der Waals surface area contributed by atoms with Crippen LogP contribution in [-0.2, 0) is 5.54 Å². The van der Waals surface area contributed by atoms with Gasteiger partial charge in [-0.1, -0.05) is 30.3 Å². The summed E-state index contributed by atoms with van der Waals surface area (Å²) in [5.41, 5.74) is 0.716. The zero-order chi connectivity index (χ0) is 11.9. The van der Waals surface area contributed by atoms with Gasteiger partial charge in [0, 0.05) is 6.42 Å². The summed E-state index contributed by atoms with van der Waals surface area (Å²) >= 11 is 0. The smallest absolute Gasteiger partial charge is 0.0652 e. The molecule has 2 nitrogen and oxygen atoms in total. The molecule has 0 heterocycles. The summed E-state index contributed by atoms with van der Waals surface area (Å²) in [4.78, 5) is 0. The van der Waals surface area contributed by atoms with Gasteiger partial charge in [0.15, 0.2) is 0 Å². The van der Waals surface area contributed by atoms with Gasteiger partial charge < -0.3 is 10.4 Å². The van der Waals surface area contributed by atoms with Gasteiger partial charge in [-0.15, -0.1) is 12.3 Å². The Hall–Kier alpha value is -1.30. The average molecular weight is 217 g/mol. The number of unbranched alkanes of at least 4 members (excludes halogenated alkanes) is 1. The number of aliphatic hydroxyl groups is 1. The predicted molar refractivity (Wildman–Crippen MR) is 66.9 cm³/mol. The molecular weight excluding hydrogens is 198 g/mol. The number of hydrogen-bond donors (Lipinski definition) is 2. The van der Waals surface area contributed by atoms with Gasteiger partial charge in [0.05, 0.1) is 12.1 Å². The van der Waals surface area contributed by atoms with E-state index in [2.05, 4.69) is 11.2 Å². The summed E-state index contributed by atoms with van der Waals surface area (Å²) in [7, 11) is 0. The van der Waals surface area contributed by atoms with Crippen molar-refractivity contribution in [3.63, 3.8) is 0 Å². The van der Waals surface area contributed by atoms with Gasteiger partial charge in [0.25, 0.3) is 0 Å². The summed E-state index contributed by atoms with van der Waals surface area (Å²) in [6, 6.07) is 9.97. The minimum Gasteiger partial charge on any atom is -0.394 e. The monoisotopic (exact) mass is 217 g/mol. The van der Waals surface area contributed by atoms with Crippen LogP contribution in [0.15, 0.2) is 30.3 Å². The van der Waals surface area contributed by atoms with E-state index in [1.54, 1.807) is 0 Å². The number of benzene rings is 1. The fourth-order valence-electron chi connectivity index (χ4n) is 1.61. The normalized spacial score (nSPS) is 14.1. The highest BCUT2D eigenvalue weighted by Crippen LogP contribution is 2.19. The van der Waals surface area contributed by atoms with Crippen molar-refractivity contribution in [2.45, 2.75) is 25.3 Å². The van der Waals surface area contributed by atoms with E-state index in [0.717, 1.165) is 24.9 Å². The molecule has 1 unspecified atom stereocenters. The Balaban J connectivity index is 2.60. The van der Waals surface area contributed by atoms with E-state index in [9.17, 15) is 5.11 Å². The van der Waals surface area contributed by atoms with Crippen molar-refractivity contribution >= 4 is 0 Å². The van der Waals surface area contributed by atoms with E-state index in [1.165, 1.54) is 0 Å². The lowest BCUT2D eigenvalue weighted by molar-refractivity contribution is 0.175. The lowest BCUT2D eigenvalue weighted by Crippen LogP contribution is -2.43. The Labute approximate surface area is 97.7 Å². The Morgan fingerprint density at radius 1 is 1.38 bits per heavy atom. The van der Waals surface area contributed by atoms with Gasteiger partial charge in [0.2, 0.25) is 0 Å². The minimum absolute atomic E-state index is 0.0765. The van der Waals surface area contributed by atoms with Crippen LogP contribution in [0.1, 0.15) is 25.3 Å².